The van der Waals surface area contributed by atoms with Crippen LogP contribution in [0.1, 0.15) is 23.3 Å². The minimum Gasteiger partial charge on any atom is -0.497 e. The zero-order valence-corrected chi connectivity index (χ0v) is 22.1. The minimum atomic E-state index is -0.513. The number of thiophene rings is 1. The molecule has 0 unspecified atom stereocenters. The van der Waals surface area contributed by atoms with E-state index in [0.29, 0.717) is 37.7 Å². The molecule has 0 saturated heterocycles. The first kappa shape index (κ1) is 24.4. The van der Waals surface area contributed by atoms with Crippen molar-refractivity contribution in [1.29, 1.82) is 0 Å². The number of methoxy groups -OCH3 is 1. The minimum absolute atomic E-state index is 0.0776. The Kier molecular flexibility index (Phi) is 6.46. The lowest BCUT2D eigenvalue weighted by atomic mass is 9.97. The van der Waals surface area contributed by atoms with Crippen molar-refractivity contribution in [2.75, 3.05) is 12.9 Å². The smallest absolute Gasteiger partial charge is 0.275 e. The molecule has 0 saturated carbocycles. The molecule has 0 spiro atoms. The maximum absolute atomic E-state index is 13.9. The fraction of sp³-hybridized carbons (Fsp3) is 0.222. The molecule has 3 heterocycles. The molecule has 2 aromatic carbocycles. The molecule has 1 aliphatic carbocycles. The number of hydrogen-bond donors (Lipinski definition) is 2. The first-order chi connectivity index (χ1) is 18.5. The van der Waals surface area contributed by atoms with Gasteiger partial charge in [0.25, 0.3) is 11.5 Å². The van der Waals surface area contributed by atoms with E-state index in [1.807, 2.05) is 12.1 Å². The van der Waals surface area contributed by atoms with Crippen LogP contribution < -0.4 is 10.3 Å². The number of nitrogens with zero attached hydrogens (tertiary/aromatic N) is 4. The lowest BCUT2D eigenvalue weighted by Crippen LogP contribution is -2.22. The van der Waals surface area contributed by atoms with E-state index in [-0.39, 0.29) is 22.9 Å². The van der Waals surface area contributed by atoms with Gasteiger partial charge in [0, 0.05) is 10.3 Å². The Bertz CT molecular complexity index is 1770. The summed E-state index contributed by atoms with van der Waals surface area (Å²) in [6.07, 6.45) is 4.00. The SMILES string of the molecule is COc1ccc(-n2c(SCC(=O)N=Nc3c(O)[nH]c4ccccc34)nc3sc4c(c3c2=O)CCCC4)cc1. The van der Waals surface area contributed by atoms with E-state index >= 15 is 0 Å². The molecular weight excluding hydrogens is 522 g/mol. The number of para-hydroxylation sites is 1. The molecule has 0 atom stereocenters. The standard InChI is InChI=1S/C27H23N5O4S2/c1-36-16-12-10-15(11-13-16)32-26(35)22-18-7-3-5-9-20(18)38-25(22)29-27(32)37-14-21(33)30-31-23-17-6-2-4-8-19(17)28-24(23)34/h2,4,6,8,10-13,28,34H,3,5,7,9,14H2,1H3. The second-order valence-corrected chi connectivity index (χ2v) is 10.9. The number of aromatic nitrogens is 3. The Morgan fingerprint density at radius 2 is 1.97 bits per heavy atom. The van der Waals surface area contributed by atoms with Gasteiger partial charge in [-0.3, -0.25) is 14.2 Å². The Morgan fingerprint density at radius 3 is 2.79 bits per heavy atom. The average Bonchev–Trinajstić information content (AvgIpc) is 3.47. The van der Waals surface area contributed by atoms with Gasteiger partial charge in [0.2, 0.25) is 5.88 Å². The molecule has 0 radical (unpaired) electrons. The number of fused-ring (bicyclic) bond motifs is 4. The molecule has 1 aliphatic rings. The molecule has 3 aromatic heterocycles. The number of nitrogens with one attached hydrogen (secondary N) is 1. The molecule has 5 aromatic rings. The number of H-pyrrole nitrogens is 1. The van der Waals surface area contributed by atoms with E-state index in [9.17, 15) is 14.7 Å². The number of carbonyl (C=O) groups excluding carboxylic acids is 1. The van der Waals surface area contributed by atoms with Gasteiger partial charge in [-0.15, -0.1) is 21.6 Å². The molecule has 2 N–H and O–H groups in total. The Balaban J connectivity index is 1.34. The van der Waals surface area contributed by atoms with Crippen LogP contribution >= 0.6 is 23.1 Å². The van der Waals surface area contributed by atoms with Gasteiger partial charge in [-0.2, -0.15) is 0 Å². The molecule has 11 heteroatoms. The van der Waals surface area contributed by atoms with Crippen LogP contribution in [-0.2, 0) is 17.6 Å². The van der Waals surface area contributed by atoms with Gasteiger partial charge in [0.1, 0.15) is 10.6 Å². The van der Waals surface area contributed by atoms with Gasteiger partial charge < -0.3 is 14.8 Å². The van der Waals surface area contributed by atoms with E-state index in [0.717, 1.165) is 43.0 Å². The number of amides is 1. The van der Waals surface area contributed by atoms with Gasteiger partial charge in [-0.05, 0) is 61.6 Å². The van der Waals surface area contributed by atoms with Crippen LogP contribution in [0.15, 0.2) is 68.7 Å². The Labute approximate surface area is 225 Å². The summed E-state index contributed by atoms with van der Waals surface area (Å²) in [6.45, 7) is 0. The third kappa shape index (κ3) is 4.37. The fourth-order valence-electron chi connectivity index (χ4n) is 4.72. The predicted molar refractivity (Wildman–Crippen MR) is 149 cm³/mol. The zero-order valence-electron chi connectivity index (χ0n) is 20.4. The van der Waals surface area contributed by atoms with E-state index < -0.39 is 5.91 Å². The highest BCUT2D eigenvalue weighted by molar-refractivity contribution is 7.99. The largest absolute Gasteiger partial charge is 0.497 e. The number of thioether (sulfide) groups is 1. The van der Waals surface area contributed by atoms with Crippen LogP contribution in [0.5, 0.6) is 11.6 Å². The van der Waals surface area contributed by atoms with Crippen molar-refractivity contribution < 1.29 is 14.6 Å². The summed E-state index contributed by atoms with van der Waals surface area (Å²) in [6, 6.07) is 14.4. The maximum atomic E-state index is 13.9. The van der Waals surface area contributed by atoms with Crippen LogP contribution in [0.25, 0.3) is 26.8 Å². The Hall–Kier alpha value is -3.96. The third-order valence-corrected chi connectivity index (χ3v) is 8.64. The van der Waals surface area contributed by atoms with Gasteiger partial charge in [0.15, 0.2) is 10.8 Å². The Morgan fingerprint density at radius 1 is 1.18 bits per heavy atom. The number of hydrogen-bond acceptors (Lipinski definition) is 8. The number of aromatic amines is 1. The molecule has 0 fully saturated rings. The number of rotatable bonds is 6. The van der Waals surface area contributed by atoms with Crippen molar-refractivity contribution in [2.45, 2.75) is 30.8 Å². The predicted octanol–water partition coefficient (Wildman–Crippen LogP) is 5.92. The van der Waals surface area contributed by atoms with Crippen molar-refractivity contribution in [2.24, 2.45) is 10.2 Å². The number of carbonyl (C=O) groups is 1. The van der Waals surface area contributed by atoms with Gasteiger partial charge in [0.05, 0.1) is 29.5 Å². The average molecular weight is 546 g/mol. The molecule has 9 nitrogen and oxygen atoms in total. The number of aryl methyl sites for hydroxylation is 2. The molecular formula is C27H23N5O4S2. The fourth-order valence-corrected chi connectivity index (χ4v) is 6.81. The van der Waals surface area contributed by atoms with Crippen LogP contribution in [0.4, 0.5) is 5.69 Å². The normalized spacial score (nSPS) is 13.4. The van der Waals surface area contributed by atoms with Gasteiger partial charge >= 0.3 is 0 Å². The molecule has 0 bridgehead atoms. The van der Waals surface area contributed by atoms with Crippen molar-refractivity contribution >= 4 is 55.8 Å². The van der Waals surface area contributed by atoms with Crippen LogP contribution in [-0.4, -0.2) is 38.4 Å². The molecule has 6 rings (SSSR count). The quantitative estimate of drug-likeness (QED) is 0.155. The van der Waals surface area contributed by atoms with Gasteiger partial charge in [-0.25, -0.2) is 4.98 Å². The van der Waals surface area contributed by atoms with E-state index in [1.165, 1.54) is 4.88 Å². The van der Waals surface area contributed by atoms with E-state index in [1.54, 1.807) is 59.4 Å². The molecule has 1 amide bonds. The highest BCUT2D eigenvalue weighted by Gasteiger charge is 2.23. The van der Waals surface area contributed by atoms with Crippen molar-refractivity contribution in [1.82, 2.24) is 14.5 Å². The summed E-state index contributed by atoms with van der Waals surface area (Å²) in [5, 5.41) is 19.7. The summed E-state index contributed by atoms with van der Waals surface area (Å²) in [5.74, 6) is -0.0707. The lowest BCUT2D eigenvalue weighted by molar-refractivity contribution is -0.115. The van der Waals surface area contributed by atoms with Crippen LogP contribution in [0.2, 0.25) is 0 Å². The first-order valence-electron chi connectivity index (χ1n) is 12.1. The van der Waals surface area contributed by atoms with Crippen molar-refractivity contribution in [3.05, 3.63) is 69.3 Å². The summed E-state index contributed by atoms with van der Waals surface area (Å²) < 4.78 is 6.83. The second-order valence-electron chi connectivity index (χ2n) is 8.87. The third-order valence-electron chi connectivity index (χ3n) is 6.53. The highest BCUT2D eigenvalue weighted by Crippen LogP contribution is 2.36. The van der Waals surface area contributed by atoms with Gasteiger partial charge in [-0.1, -0.05) is 30.0 Å². The zero-order chi connectivity index (χ0) is 26.2. The molecule has 0 aliphatic heterocycles. The van der Waals surface area contributed by atoms with E-state index in [2.05, 4.69) is 15.2 Å². The number of benzene rings is 2. The van der Waals surface area contributed by atoms with Crippen molar-refractivity contribution in [3.63, 3.8) is 0 Å². The summed E-state index contributed by atoms with van der Waals surface area (Å²) >= 11 is 2.70. The topological polar surface area (TPSA) is 122 Å². The number of ether oxygens (including phenoxy) is 1. The summed E-state index contributed by atoms with van der Waals surface area (Å²) in [5.41, 5.74) is 2.51. The number of azo groups is 1. The van der Waals surface area contributed by atoms with Crippen LogP contribution in [0, 0.1) is 0 Å². The van der Waals surface area contributed by atoms with Crippen molar-refractivity contribution in [3.8, 4) is 17.3 Å². The maximum Gasteiger partial charge on any atom is 0.275 e. The summed E-state index contributed by atoms with van der Waals surface area (Å²) in [4.78, 5) is 36.1. The monoisotopic (exact) mass is 545 g/mol. The van der Waals surface area contributed by atoms with Crippen LogP contribution in [0.3, 0.4) is 0 Å². The summed E-state index contributed by atoms with van der Waals surface area (Å²) in [7, 11) is 1.59. The lowest BCUT2D eigenvalue weighted by Gasteiger charge is -2.13. The first-order valence-corrected chi connectivity index (χ1v) is 13.9. The van der Waals surface area contributed by atoms with E-state index in [4.69, 9.17) is 9.72 Å². The second kappa shape index (κ2) is 10.1. The molecule has 192 valence electrons. The molecule has 38 heavy (non-hydrogen) atoms. The highest BCUT2D eigenvalue weighted by atomic mass is 32.2. The number of aromatic hydroxyl groups is 1.